The van der Waals surface area contributed by atoms with Crippen LogP contribution in [0.5, 0.6) is 5.75 Å². The number of ether oxygens (including phenoxy) is 1. The quantitative estimate of drug-likeness (QED) is 0.743. The van der Waals surface area contributed by atoms with E-state index >= 15 is 0 Å². The highest BCUT2D eigenvalue weighted by Crippen LogP contribution is 2.30. The fourth-order valence-electron chi connectivity index (χ4n) is 1.97. The summed E-state index contributed by atoms with van der Waals surface area (Å²) >= 11 is 3.53. The van der Waals surface area contributed by atoms with Gasteiger partial charge in [-0.25, -0.2) is 0 Å². The number of aldehydes is 1. The average molecular weight is 348 g/mol. The number of hydrogen-bond acceptors (Lipinski definition) is 3. The zero-order valence-corrected chi connectivity index (χ0v) is 13.8. The summed E-state index contributed by atoms with van der Waals surface area (Å²) in [7, 11) is 3.97. The van der Waals surface area contributed by atoms with Crippen LogP contribution in [0.25, 0.3) is 11.1 Å². The molecule has 21 heavy (non-hydrogen) atoms. The molecule has 0 aromatic heterocycles. The van der Waals surface area contributed by atoms with E-state index in [0.29, 0.717) is 17.9 Å². The van der Waals surface area contributed by atoms with Crippen molar-refractivity contribution in [1.82, 2.24) is 4.90 Å². The van der Waals surface area contributed by atoms with Crippen LogP contribution >= 0.6 is 15.9 Å². The van der Waals surface area contributed by atoms with Crippen molar-refractivity contribution in [2.24, 2.45) is 0 Å². The smallest absolute Gasteiger partial charge is 0.153 e. The summed E-state index contributed by atoms with van der Waals surface area (Å²) in [5, 5.41) is 0. The minimum atomic E-state index is 0.558. The molecule has 110 valence electrons. The molecule has 0 fully saturated rings. The van der Waals surface area contributed by atoms with Crippen molar-refractivity contribution < 1.29 is 9.53 Å². The predicted octanol–water partition coefficient (Wildman–Crippen LogP) is 3.87. The molecule has 0 saturated heterocycles. The lowest BCUT2D eigenvalue weighted by atomic mass is 10.0. The normalized spacial score (nSPS) is 10.7. The van der Waals surface area contributed by atoms with Gasteiger partial charge in [0.25, 0.3) is 0 Å². The molecule has 0 N–H and O–H groups in total. The van der Waals surface area contributed by atoms with Gasteiger partial charge in [0.15, 0.2) is 6.29 Å². The van der Waals surface area contributed by atoms with Gasteiger partial charge in [-0.2, -0.15) is 0 Å². The maximum absolute atomic E-state index is 11.3. The van der Waals surface area contributed by atoms with E-state index < -0.39 is 0 Å². The molecule has 0 atom stereocenters. The summed E-state index contributed by atoms with van der Waals surface area (Å²) in [4.78, 5) is 13.3. The fraction of sp³-hybridized carbons (Fsp3) is 0.235. The second-order valence-electron chi connectivity index (χ2n) is 5.00. The molecule has 0 bridgehead atoms. The van der Waals surface area contributed by atoms with Crippen molar-refractivity contribution in [1.29, 1.82) is 0 Å². The van der Waals surface area contributed by atoms with E-state index in [-0.39, 0.29) is 0 Å². The maximum atomic E-state index is 11.3. The Hall–Kier alpha value is -1.65. The minimum absolute atomic E-state index is 0.558. The summed E-state index contributed by atoms with van der Waals surface area (Å²) in [6, 6.07) is 13.6. The number of nitrogens with zero attached hydrogens (tertiary/aromatic N) is 1. The monoisotopic (exact) mass is 347 g/mol. The van der Waals surface area contributed by atoms with E-state index in [1.165, 1.54) is 0 Å². The molecule has 0 heterocycles. The zero-order chi connectivity index (χ0) is 15.2. The van der Waals surface area contributed by atoms with Gasteiger partial charge in [0.2, 0.25) is 0 Å². The van der Waals surface area contributed by atoms with Crippen LogP contribution in [-0.2, 0) is 0 Å². The van der Waals surface area contributed by atoms with Crippen molar-refractivity contribution in [3.8, 4) is 16.9 Å². The summed E-state index contributed by atoms with van der Waals surface area (Å²) in [6.07, 6.45) is 0.839. The summed E-state index contributed by atoms with van der Waals surface area (Å²) in [6.45, 7) is 1.37. The van der Waals surface area contributed by atoms with E-state index in [1.807, 2.05) is 61.5 Å². The first-order chi connectivity index (χ1) is 10.1. The molecule has 0 radical (unpaired) electrons. The van der Waals surface area contributed by atoms with Gasteiger partial charge in [-0.15, -0.1) is 0 Å². The van der Waals surface area contributed by atoms with E-state index in [1.54, 1.807) is 0 Å². The Morgan fingerprint density at radius 3 is 2.62 bits per heavy atom. The van der Waals surface area contributed by atoms with Gasteiger partial charge in [0, 0.05) is 11.0 Å². The third kappa shape index (κ3) is 4.16. The third-order valence-corrected chi connectivity index (χ3v) is 3.81. The van der Waals surface area contributed by atoms with Crippen molar-refractivity contribution in [3.05, 3.63) is 52.5 Å². The van der Waals surface area contributed by atoms with Crippen molar-refractivity contribution in [2.75, 3.05) is 27.2 Å². The van der Waals surface area contributed by atoms with Crippen LogP contribution < -0.4 is 4.74 Å². The van der Waals surface area contributed by atoms with Gasteiger partial charge in [0.05, 0.1) is 5.56 Å². The molecule has 0 spiro atoms. The van der Waals surface area contributed by atoms with Crippen molar-refractivity contribution in [3.63, 3.8) is 0 Å². The van der Waals surface area contributed by atoms with Crippen LogP contribution in [0, 0.1) is 0 Å². The number of carbonyl (C=O) groups is 1. The number of halogens is 1. The number of benzene rings is 2. The summed E-state index contributed by atoms with van der Waals surface area (Å²) in [5.41, 5.74) is 2.62. The van der Waals surface area contributed by atoms with E-state index in [0.717, 1.165) is 28.4 Å². The van der Waals surface area contributed by atoms with Gasteiger partial charge in [-0.1, -0.05) is 40.2 Å². The Morgan fingerprint density at radius 1 is 1.19 bits per heavy atom. The Morgan fingerprint density at radius 2 is 1.95 bits per heavy atom. The number of carbonyl (C=O) groups excluding carboxylic acids is 1. The van der Waals surface area contributed by atoms with Crippen LogP contribution in [0.3, 0.4) is 0 Å². The summed E-state index contributed by atoms with van der Waals surface area (Å²) < 4.78 is 6.68. The lowest BCUT2D eigenvalue weighted by Crippen LogP contribution is -2.19. The van der Waals surface area contributed by atoms with Gasteiger partial charge >= 0.3 is 0 Å². The molecular formula is C17H18BrNO2. The second-order valence-corrected chi connectivity index (χ2v) is 5.86. The van der Waals surface area contributed by atoms with Gasteiger partial charge in [-0.3, -0.25) is 4.79 Å². The van der Waals surface area contributed by atoms with E-state index in [2.05, 4.69) is 15.9 Å². The minimum Gasteiger partial charge on any atom is -0.492 e. The molecule has 0 amide bonds. The highest BCUT2D eigenvalue weighted by atomic mass is 79.9. The Labute approximate surface area is 133 Å². The van der Waals surface area contributed by atoms with Gasteiger partial charge in [-0.05, 0) is 43.4 Å². The largest absolute Gasteiger partial charge is 0.492 e. The topological polar surface area (TPSA) is 29.5 Å². The third-order valence-electron chi connectivity index (χ3n) is 3.12. The molecule has 2 aromatic carbocycles. The van der Waals surface area contributed by atoms with Gasteiger partial charge in [0.1, 0.15) is 12.4 Å². The first-order valence-corrected chi connectivity index (χ1v) is 7.53. The van der Waals surface area contributed by atoms with Crippen LogP contribution in [0.2, 0.25) is 0 Å². The number of rotatable bonds is 6. The van der Waals surface area contributed by atoms with Crippen LogP contribution in [0.4, 0.5) is 0 Å². The predicted molar refractivity (Wildman–Crippen MR) is 89.0 cm³/mol. The molecular weight excluding hydrogens is 330 g/mol. The lowest BCUT2D eigenvalue weighted by Gasteiger charge is -2.13. The van der Waals surface area contributed by atoms with Crippen LogP contribution in [0.1, 0.15) is 10.4 Å². The Kier molecular flexibility index (Phi) is 5.53. The molecule has 2 rings (SSSR count). The number of hydrogen-bond donors (Lipinski definition) is 0. The molecule has 0 saturated carbocycles. The molecule has 0 unspecified atom stereocenters. The van der Waals surface area contributed by atoms with E-state index in [4.69, 9.17) is 4.74 Å². The fourth-order valence-corrected chi connectivity index (χ4v) is 2.49. The van der Waals surface area contributed by atoms with E-state index in [9.17, 15) is 4.79 Å². The maximum Gasteiger partial charge on any atom is 0.153 e. The lowest BCUT2D eigenvalue weighted by molar-refractivity contribution is 0.111. The molecule has 2 aromatic rings. The highest BCUT2D eigenvalue weighted by molar-refractivity contribution is 9.10. The SMILES string of the molecule is CN(C)CCOc1ccc(-c2ccccc2Br)cc1C=O. The Bertz CT molecular complexity index is 626. The Balaban J connectivity index is 2.24. The first kappa shape index (κ1) is 15.7. The standard InChI is InChI=1S/C17H18BrNO2/c1-19(2)9-10-21-17-8-7-13(11-14(17)12-20)15-5-3-4-6-16(15)18/h3-8,11-12H,9-10H2,1-2H3. The van der Waals surface area contributed by atoms with Crippen molar-refractivity contribution >= 4 is 22.2 Å². The number of likely N-dealkylation sites (N-methyl/N-ethyl adjacent to an activating group) is 1. The zero-order valence-electron chi connectivity index (χ0n) is 12.2. The average Bonchev–Trinajstić information content (AvgIpc) is 2.48. The first-order valence-electron chi connectivity index (χ1n) is 6.73. The second kappa shape index (κ2) is 7.38. The molecule has 0 aliphatic carbocycles. The molecule has 4 heteroatoms. The highest BCUT2D eigenvalue weighted by Gasteiger charge is 2.08. The molecule has 3 nitrogen and oxygen atoms in total. The van der Waals surface area contributed by atoms with Crippen LogP contribution in [0.15, 0.2) is 46.9 Å². The molecule has 0 aliphatic heterocycles. The summed E-state index contributed by atoms with van der Waals surface area (Å²) in [5.74, 6) is 0.627. The van der Waals surface area contributed by atoms with Crippen molar-refractivity contribution in [2.45, 2.75) is 0 Å². The van der Waals surface area contributed by atoms with Gasteiger partial charge < -0.3 is 9.64 Å². The van der Waals surface area contributed by atoms with Crippen LogP contribution in [-0.4, -0.2) is 38.4 Å². The molecule has 0 aliphatic rings.